The summed E-state index contributed by atoms with van der Waals surface area (Å²) in [5.41, 5.74) is 5.79. The molecule has 0 saturated heterocycles. The number of rotatable bonds is 3. The smallest absolute Gasteiger partial charge is 0.416 e. The van der Waals surface area contributed by atoms with Gasteiger partial charge in [0.1, 0.15) is 5.75 Å². The van der Waals surface area contributed by atoms with E-state index >= 15 is 0 Å². The van der Waals surface area contributed by atoms with Gasteiger partial charge in [0.2, 0.25) is 5.88 Å². The first kappa shape index (κ1) is 14.4. The van der Waals surface area contributed by atoms with Crippen molar-refractivity contribution in [2.75, 3.05) is 0 Å². The van der Waals surface area contributed by atoms with Crippen LogP contribution >= 0.6 is 0 Å². The van der Waals surface area contributed by atoms with Crippen LogP contribution in [0.3, 0.4) is 0 Å². The fourth-order valence-electron chi connectivity index (χ4n) is 1.81. The maximum Gasteiger partial charge on any atom is 0.416 e. The Bertz CT molecular complexity index is 620. The van der Waals surface area contributed by atoms with E-state index < -0.39 is 11.7 Å². The zero-order valence-corrected chi connectivity index (χ0v) is 11.0. The zero-order valence-electron chi connectivity index (χ0n) is 11.0. The molecule has 0 atom stereocenters. The maximum absolute atomic E-state index is 12.6. The van der Waals surface area contributed by atoms with E-state index in [0.29, 0.717) is 17.2 Å². The Labute approximate surface area is 114 Å². The summed E-state index contributed by atoms with van der Waals surface area (Å²) < 4.78 is 45.0. The van der Waals surface area contributed by atoms with Gasteiger partial charge in [-0.15, -0.1) is 0 Å². The second-order valence-electron chi connectivity index (χ2n) is 4.37. The van der Waals surface area contributed by atoms with E-state index in [9.17, 15) is 13.2 Å². The minimum absolute atomic E-state index is 0.0455. The SMILES string of the molecule is Cc1cc(Oc2ccc(C(F)(F)F)cc2CN)n(C)n1. The van der Waals surface area contributed by atoms with Crippen LogP contribution in [-0.4, -0.2) is 9.78 Å². The van der Waals surface area contributed by atoms with Crippen molar-refractivity contribution >= 4 is 0 Å². The van der Waals surface area contributed by atoms with Gasteiger partial charge < -0.3 is 10.5 Å². The molecule has 1 aromatic carbocycles. The Morgan fingerprint density at radius 2 is 2.00 bits per heavy atom. The molecule has 7 heteroatoms. The van der Waals surface area contributed by atoms with E-state index in [2.05, 4.69) is 5.10 Å². The van der Waals surface area contributed by atoms with Crippen LogP contribution in [0.25, 0.3) is 0 Å². The van der Waals surface area contributed by atoms with Crippen molar-refractivity contribution in [1.82, 2.24) is 9.78 Å². The molecule has 0 spiro atoms. The third-order valence-electron chi connectivity index (χ3n) is 2.78. The fraction of sp³-hybridized carbons (Fsp3) is 0.308. The number of hydrogen-bond donors (Lipinski definition) is 1. The number of nitrogens with two attached hydrogens (primary N) is 1. The lowest BCUT2D eigenvalue weighted by Crippen LogP contribution is -2.08. The van der Waals surface area contributed by atoms with E-state index in [1.807, 2.05) is 0 Å². The van der Waals surface area contributed by atoms with Gasteiger partial charge in [-0.1, -0.05) is 0 Å². The normalized spacial score (nSPS) is 11.7. The second-order valence-corrected chi connectivity index (χ2v) is 4.37. The molecule has 0 unspecified atom stereocenters. The van der Waals surface area contributed by atoms with Gasteiger partial charge in [0.05, 0.1) is 11.3 Å². The van der Waals surface area contributed by atoms with Crippen LogP contribution in [-0.2, 0) is 19.8 Å². The second kappa shape index (κ2) is 5.16. The van der Waals surface area contributed by atoms with Gasteiger partial charge in [-0.05, 0) is 25.1 Å². The van der Waals surface area contributed by atoms with E-state index in [4.69, 9.17) is 10.5 Å². The Hall–Kier alpha value is -2.02. The van der Waals surface area contributed by atoms with E-state index in [-0.39, 0.29) is 6.54 Å². The lowest BCUT2D eigenvalue weighted by molar-refractivity contribution is -0.137. The van der Waals surface area contributed by atoms with Crippen LogP contribution in [0.15, 0.2) is 24.3 Å². The Kier molecular flexibility index (Phi) is 3.71. The molecule has 2 N–H and O–H groups in total. The molecule has 0 bridgehead atoms. The molecule has 108 valence electrons. The Morgan fingerprint density at radius 3 is 2.50 bits per heavy atom. The van der Waals surface area contributed by atoms with Gasteiger partial charge in [-0.3, -0.25) is 0 Å². The average molecular weight is 285 g/mol. The minimum Gasteiger partial charge on any atom is -0.439 e. The van der Waals surface area contributed by atoms with Crippen LogP contribution in [0.4, 0.5) is 13.2 Å². The summed E-state index contributed by atoms with van der Waals surface area (Å²) in [7, 11) is 1.69. The molecule has 0 radical (unpaired) electrons. The van der Waals surface area contributed by atoms with Gasteiger partial charge in [0.15, 0.2) is 0 Å². The third kappa shape index (κ3) is 2.93. The molecular formula is C13H14F3N3O. The highest BCUT2D eigenvalue weighted by molar-refractivity contribution is 5.40. The molecule has 0 fully saturated rings. The predicted molar refractivity (Wildman–Crippen MR) is 67.4 cm³/mol. The molecule has 0 saturated carbocycles. The van der Waals surface area contributed by atoms with Crippen LogP contribution in [0.1, 0.15) is 16.8 Å². The number of hydrogen-bond acceptors (Lipinski definition) is 3. The number of nitrogens with zero attached hydrogens (tertiary/aromatic N) is 2. The van der Waals surface area contributed by atoms with Crippen molar-refractivity contribution in [3.8, 4) is 11.6 Å². The van der Waals surface area contributed by atoms with Crippen LogP contribution in [0.5, 0.6) is 11.6 Å². The highest BCUT2D eigenvalue weighted by atomic mass is 19.4. The first-order valence-electron chi connectivity index (χ1n) is 5.90. The number of halogens is 3. The summed E-state index contributed by atoms with van der Waals surface area (Å²) in [6.07, 6.45) is -4.40. The molecule has 0 aliphatic carbocycles. The van der Waals surface area contributed by atoms with Crippen molar-refractivity contribution in [2.24, 2.45) is 12.8 Å². The molecule has 0 aliphatic heterocycles. The summed E-state index contributed by atoms with van der Waals surface area (Å²) in [5, 5.41) is 4.10. The molecule has 0 aliphatic rings. The lowest BCUT2D eigenvalue weighted by Gasteiger charge is -2.13. The average Bonchev–Trinajstić information content (AvgIpc) is 2.67. The third-order valence-corrected chi connectivity index (χ3v) is 2.78. The monoisotopic (exact) mass is 285 g/mol. The van der Waals surface area contributed by atoms with Crippen LogP contribution in [0, 0.1) is 6.92 Å². The van der Waals surface area contributed by atoms with E-state index in [0.717, 1.165) is 17.8 Å². The van der Waals surface area contributed by atoms with Crippen molar-refractivity contribution in [1.29, 1.82) is 0 Å². The molecule has 2 aromatic rings. The highest BCUT2D eigenvalue weighted by Gasteiger charge is 2.31. The van der Waals surface area contributed by atoms with E-state index in [1.54, 1.807) is 20.0 Å². The summed E-state index contributed by atoms with van der Waals surface area (Å²) in [5.74, 6) is 0.737. The minimum atomic E-state index is -4.40. The van der Waals surface area contributed by atoms with Crippen molar-refractivity contribution in [3.05, 3.63) is 41.1 Å². The summed E-state index contributed by atoms with van der Waals surface area (Å²) in [6, 6.07) is 4.93. The number of aromatic nitrogens is 2. The quantitative estimate of drug-likeness (QED) is 0.943. The summed E-state index contributed by atoms with van der Waals surface area (Å²) >= 11 is 0. The number of benzene rings is 1. The van der Waals surface area contributed by atoms with Gasteiger partial charge in [0, 0.05) is 25.2 Å². The molecule has 1 aromatic heterocycles. The number of ether oxygens (including phenoxy) is 1. The Morgan fingerprint density at radius 1 is 1.30 bits per heavy atom. The fourth-order valence-corrected chi connectivity index (χ4v) is 1.81. The van der Waals surface area contributed by atoms with Crippen molar-refractivity contribution in [3.63, 3.8) is 0 Å². The lowest BCUT2D eigenvalue weighted by atomic mass is 10.1. The highest BCUT2D eigenvalue weighted by Crippen LogP contribution is 2.34. The van der Waals surface area contributed by atoms with Gasteiger partial charge in [-0.25, -0.2) is 4.68 Å². The molecular weight excluding hydrogens is 271 g/mol. The molecule has 1 heterocycles. The molecule has 4 nitrogen and oxygen atoms in total. The van der Waals surface area contributed by atoms with Crippen LogP contribution in [0.2, 0.25) is 0 Å². The topological polar surface area (TPSA) is 53.1 Å². The molecule has 0 amide bonds. The van der Waals surface area contributed by atoms with Crippen LogP contribution < -0.4 is 10.5 Å². The van der Waals surface area contributed by atoms with E-state index in [1.165, 1.54) is 10.7 Å². The molecule has 2 rings (SSSR count). The van der Waals surface area contributed by atoms with Crippen molar-refractivity contribution in [2.45, 2.75) is 19.6 Å². The summed E-state index contributed by atoms with van der Waals surface area (Å²) in [4.78, 5) is 0. The largest absolute Gasteiger partial charge is 0.439 e. The maximum atomic E-state index is 12.6. The first-order chi connectivity index (χ1) is 9.31. The van der Waals surface area contributed by atoms with Gasteiger partial charge >= 0.3 is 6.18 Å². The van der Waals surface area contributed by atoms with Crippen molar-refractivity contribution < 1.29 is 17.9 Å². The predicted octanol–water partition coefficient (Wildman–Crippen LogP) is 3.00. The number of aryl methyl sites for hydroxylation is 2. The Balaban J connectivity index is 2.35. The number of alkyl halides is 3. The summed E-state index contributed by atoms with van der Waals surface area (Å²) in [6.45, 7) is 1.75. The van der Waals surface area contributed by atoms with Gasteiger partial charge in [-0.2, -0.15) is 18.3 Å². The standard InChI is InChI=1S/C13H14F3N3O/c1-8-5-12(19(2)18-8)20-11-4-3-10(13(14,15)16)6-9(11)7-17/h3-6H,7,17H2,1-2H3. The van der Waals surface area contributed by atoms with Gasteiger partial charge in [0.25, 0.3) is 0 Å². The molecule has 20 heavy (non-hydrogen) atoms. The first-order valence-corrected chi connectivity index (χ1v) is 5.90. The zero-order chi connectivity index (χ0) is 14.9.